The Hall–Kier alpha value is -0.970. The van der Waals surface area contributed by atoms with Crippen molar-refractivity contribution in [3.63, 3.8) is 0 Å². The Bertz CT molecular complexity index is 402. The number of hydrogen-bond acceptors (Lipinski definition) is 5. The molecule has 0 aliphatic heterocycles. The third kappa shape index (κ3) is 2.71. The Morgan fingerprint density at radius 1 is 1.44 bits per heavy atom. The summed E-state index contributed by atoms with van der Waals surface area (Å²) in [7, 11) is 0. The van der Waals surface area contributed by atoms with Gasteiger partial charge in [0.1, 0.15) is 12.1 Å². The highest BCUT2D eigenvalue weighted by atomic mass is 32.2. The summed E-state index contributed by atoms with van der Waals surface area (Å²) in [6.07, 6.45) is 7.69. The quantitative estimate of drug-likeness (QED) is 0.858. The van der Waals surface area contributed by atoms with Crippen molar-refractivity contribution in [1.82, 2.24) is 9.97 Å². The lowest BCUT2D eigenvalue weighted by Crippen LogP contribution is -2.40. The smallest absolute Gasteiger partial charge is 0.221 e. The second kappa shape index (κ2) is 5.78. The molecule has 5 heteroatoms. The Balaban J connectivity index is 2.02. The molecule has 0 atom stereocenters. The largest absolute Gasteiger partial charge is 0.478 e. The number of rotatable bonds is 6. The summed E-state index contributed by atoms with van der Waals surface area (Å²) < 4.78 is 5.89. The van der Waals surface area contributed by atoms with E-state index >= 15 is 0 Å². The van der Waals surface area contributed by atoms with Crippen LogP contribution in [-0.2, 0) is 0 Å². The first kappa shape index (κ1) is 13.5. The average Bonchev–Trinajstić information content (AvgIpc) is 2.33. The minimum Gasteiger partial charge on any atom is -0.478 e. The molecule has 100 valence electrons. The van der Waals surface area contributed by atoms with Crippen LogP contribution < -0.4 is 10.1 Å². The number of hydrogen-bond donors (Lipinski definition) is 1. The molecule has 0 amide bonds. The van der Waals surface area contributed by atoms with Crippen LogP contribution in [0.3, 0.4) is 0 Å². The first-order chi connectivity index (χ1) is 8.71. The summed E-state index contributed by atoms with van der Waals surface area (Å²) in [6, 6.07) is 0. The molecule has 0 unspecified atom stereocenters. The Kier molecular flexibility index (Phi) is 4.32. The standard InChI is InChI=1S/C13H21N3OS/c1-4-17-12-10(2)11(15-9-16-12)14-8-13(18-3)6-5-7-13/h9H,4-8H2,1-3H3,(H,14,15,16). The summed E-state index contributed by atoms with van der Waals surface area (Å²) in [4.78, 5) is 8.45. The van der Waals surface area contributed by atoms with Gasteiger partial charge in [0, 0.05) is 11.3 Å². The number of nitrogens with one attached hydrogen (secondary N) is 1. The number of nitrogens with zero attached hydrogens (tertiary/aromatic N) is 2. The normalized spacial score (nSPS) is 17.1. The van der Waals surface area contributed by atoms with Crippen LogP contribution in [0.2, 0.25) is 0 Å². The third-order valence-corrected chi connectivity index (χ3v) is 5.01. The van der Waals surface area contributed by atoms with Crippen molar-refractivity contribution in [2.75, 3.05) is 24.7 Å². The van der Waals surface area contributed by atoms with Crippen LogP contribution in [0.15, 0.2) is 6.33 Å². The molecule has 1 N–H and O–H groups in total. The second-order valence-corrected chi connectivity index (χ2v) is 5.95. The minimum absolute atomic E-state index is 0.406. The molecule has 1 heterocycles. The molecule has 0 bridgehead atoms. The number of anilines is 1. The zero-order chi connectivity index (χ0) is 13.0. The molecule has 1 aliphatic rings. The van der Waals surface area contributed by atoms with Crippen molar-refractivity contribution >= 4 is 17.6 Å². The maximum Gasteiger partial charge on any atom is 0.221 e. The maximum atomic E-state index is 5.48. The average molecular weight is 267 g/mol. The van der Waals surface area contributed by atoms with Gasteiger partial charge < -0.3 is 10.1 Å². The molecule has 2 rings (SSSR count). The summed E-state index contributed by atoms with van der Waals surface area (Å²) in [5.74, 6) is 1.58. The number of thioether (sulfide) groups is 1. The van der Waals surface area contributed by atoms with Gasteiger partial charge in [-0.2, -0.15) is 11.8 Å². The molecule has 1 aromatic heterocycles. The highest BCUT2D eigenvalue weighted by molar-refractivity contribution is 8.00. The van der Waals surface area contributed by atoms with Gasteiger partial charge in [-0.3, -0.25) is 0 Å². The molecule has 4 nitrogen and oxygen atoms in total. The Morgan fingerprint density at radius 3 is 2.78 bits per heavy atom. The van der Waals surface area contributed by atoms with Crippen molar-refractivity contribution in [1.29, 1.82) is 0 Å². The lowest BCUT2D eigenvalue weighted by atomic mass is 9.84. The van der Waals surface area contributed by atoms with Gasteiger partial charge in [-0.05, 0) is 32.9 Å². The molecule has 18 heavy (non-hydrogen) atoms. The van der Waals surface area contributed by atoms with E-state index in [1.807, 2.05) is 25.6 Å². The fourth-order valence-corrected chi connectivity index (χ4v) is 3.08. The van der Waals surface area contributed by atoms with E-state index in [1.54, 1.807) is 6.33 Å². The van der Waals surface area contributed by atoms with Crippen LogP contribution in [0, 0.1) is 6.92 Å². The first-order valence-corrected chi connectivity index (χ1v) is 7.66. The molecule has 0 saturated heterocycles. The number of ether oxygens (including phenoxy) is 1. The molecular formula is C13H21N3OS. The van der Waals surface area contributed by atoms with Gasteiger partial charge >= 0.3 is 0 Å². The lowest BCUT2D eigenvalue weighted by molar-refractivity contribution is 0.323. The fourth-order valence-electron chi connectivity index (χ4n) is 2.16. The Labute approximate surface area is 113 Å². The van der Waals surface area contributed by atoms with E-state index in [-0.39, 0.29) is 0 Å². The minimum atomic E-state index is 0.406. The van der Waals surface area contributed by atoms with Gasteiger partial charge in [0.25, 0.3) is 0 Å². The van der Waals surface area contributed by atoms with Crippen LogP contribution in [0.4, 0.5) is 5.82 Å². The summed E-state index contributed by atoms with van der Waals surface area (Å²) in [5, 5.41) is 3.45. The Morgan fingerprint density at radius 2 is 2.22 bits per heavy atom. The maximum absolute atomic E-state index is 5.48. The monoisotopic (exact) mass is 267 g/mol. The lowest BCUT2D eigenvalue weighted by Gasteiger charge is -2.40. The van der Waals surface area contributed by atoms with Crippen molar-refractivity contribution in [3.05, 3.63) is 11.9 Å². The molecular weight excluding hydrogens is 246 g/mol. The van der Waals surface area contributed by atoms with Crippen molar-refractivity contribution < 1.29 is 4.74 Å². The molecule has 0 aromatic carbocycles. The summed E-state index contributed by atoms with van der Waals surface area (Å²) in [6.45, 7) is 5.56. The molecule has 1 saturated carbocycles. The third-order valence-electron chi connectivity index (χ3n) is 3.59. The van der Waals surface area contributed by atoms with Crippen molar-refractivity contribution in [2.24, 2.45) is 0 Å². The molecule has 1 aromatic rings. The second-order valence-electron chi connectivity index (χ2n) is 4.68. The van der Waals surface area contributed by atoms with Gasteiger partial charge in [0.2, 0.25) is 5.88 Å². The molecule has 1 aliphatic carbocycles. The predicted molar refractivity (Wildman–Crippen MR) is 76.5 cm³/mol. The van der Waals surface area contributed by atoms with E-state index in [9.17, 15) is 0 Å². The highest BCUT2D eigenvalue weighted by Crippen LogP contribution is 2.42. The summed E-state index contributed by atoms with van der Waals surface area (Å²) in [5.41, 5.74) is 0.995. The van der Waals surface area contributed by atoms with Crippen LogP contribution in [0.25, 0.3) is 0 Å². The van der Waals surface area contributed by atoms with Crippen molar-refractivity contribution in [3.8, 4) is 5.88 Å². The van der Waals surface area contributed by atoms with E-state index in [0.29, 0.717) is 17.2 Å². The SMILES string of the molecule is CCOc1ncnc(NCC2(SC)CCC2)c1C. The first-order valence-electron chi connectivity index (χ1n) is 6.44. The van der Waals surface area contributed by atoms with Gasteiger partial charge in [0.15, 0.2) is 0 Å². The molecule has 1 fully saturated rings. The van der Waals surface area contributed by atoms with Gasteiger partial charge in [-0.15, -0.1) is 0 Å². The van der Waals surface area contributed by atoms with Crippen LogP contribution in [0.5, 0.6) is 5.88 Å². The fraction of sp³-hybridized carbons (Fsp3) is 0.692. The van der Waals surface area contributed by atoms with Gasteiger partial charge in [-0.25, -0.2) is 9.97 Å². The zero-order valence-corrected chi connectivity index (χ0v) is 12.1. The summed E-state index contributed by atoms with van der Waals surface area (Å²) >= 11 is 1.96. The van der Waals surface area contributed by atoms with Gasteiger partial charge in [-0.1, -0.05) is 6.42 Å². The topological polar surface area (TPSA) is 47.0 Å². The van der Waals surface area contributed by atoms with Crippen molar-refractivity contribution in [2.45, 2.75) is 37.9 Å². The van der Waals surface area contributed by atoms with Crippen LogP contribution >= 0.6 is 11.8 Å². The molecule has 0 radical (unpaired) electrons. The molecule has 0 spiro atoms. The van der Waals surface area contributed by atoms with E-state index < -0.39 is 0 Å². The van der Waals surface area contributed by atoms with E-state index in [2.05, 4.69) is 21.5 Å². The van der Waals surface area contributed by atoms with Crippen LogP contribution in [-0.4, -0.2) is 34.1 Å². The predicted octanol–water partition coefficient (Wildman–Crippen LogP) is 2.88. The van der Waals surface area contributed by atoms with E-state index in [1.165, 1.54) is 19.3 Å². The van der Waals surface area contributed by atoms with E-state index in [0.717, 1.165) is 17.9 Å². The zero-order valence-electron chi connectivity index (χ0n) is 11.3. The van der Waals surface area contributed by atoms with Gasteiger partial charge in [0.05, 0.1) is 12.2 Å². The highest BCUT2D eigenvalue weighted by Gasteiger charge is 2.36. The number of aromatic nitrogens is 2. The van der Waals surface area contributed by atoms with E-state index in [4.69, 9.17) is 4.74 Å². The van der Waals surface area contributed by atoms with Crippen LogP contribution in [0.1, 0.15) is 31.7 Å².